The quantitative estimate of drug-likeness (QED) is 0.744. The number of nitrogens with zero attached hydrogens (tertiary/aromatic N) is 3. The normalized spacial score (nSPS) is 12.2. The van der Waals surface area contributed by atoms with Crippen molar-refractivity contribution in [1.82, 2.24) is 20.2 Å². The van der Waals surface area contributed by atoms with E-state index in [4.69, 9.17) is 4.42 Å². The Labute approximate surface area is 127 Å². The van der Waals surface area contributed by atoms with Crippen LogP contribution in [0.15, 0.2) is 27.8 Å². The summed E-state index contributed by atoms with van der Waals surface area (Å²) < 4.78 is 5.67. The van der Waals surface area contributed by atoms with Crippen LogP contribution in [0.25, 0.3) is 11.1 Å². The van der Waals surface area contributed by atoms with Crippen molar-refractivity contribution in [1.29, 1.82) is 0 Å². The Morgan fingerprint density at radius 1 is 1.24 bits per heavy atom. The van der Waals surface area contributed by atoms with Crippen molar-refractivity contribution in [3.05, 3.63) is 35.5 Å². The highest BCUT2D eigenvalue weighted by atomic mass is 32.2. The zero-order chi connectivity index (χ0) is 15.0. The minimum absolute atomic E-state index is 0.0200. The number of aryl methyl sites for hydroxylation is 1. The molecule has 0 atom stereocenters. The van der Waals surface area contributed by atoms with E-state index in [1.165, 1.54) is 0 Å². The molecule has 0 saturated carbocycles. The van der Waals surface area contributed by atoms with Gasteiger partial charge in [0, 0.05) is 23.7 Å². The van der Waals surface area contributed by atoms with Crippen LogP contribution in [0.1, 0.15) is 38.0 Å². The maximum atomic E-state index is 5.67. The number of fused-ring (bicyclic) bond motifs is 1. The van der Waals surface area contributed by atoms with E-state index in [2.05, 4.69) is 47.0 Å². The molecule has 0 amide bonds. The van der Waals surface area contributed by atoms with Gasteiger partial charge in [0.05, 0.1) is 0 Å². The second-order valence-corrected chi connectivity index (χ2v) is 6.95. The smallest absolute Gasteiger partial charge is 0.208 e. The number of oxazole rings is 1. The summed E-state index contributed by atoms with van der Waals surface area (Å²) in [5.41, 5.74) is 2.85. The molecule has 2 heterocycles. The number of hydrogen-bond acceptors (Lipinski definition) is 5. The minimum Gasteiger partial charge on any atom is -0.441 e. The molecule has 21 heavy (non-hydrogen) atoms. The standard InChI is InChI=1S/C15H18N4OS/c1-9-16-11-7-5-6-10(12(11)20-9)8-21-14-17-13(18-19-14)15(2,3)4/h5-7H,8H2,1-4H3,(H,17,18,19). The summed E-state index contributed by atoms with van der Waals surface area (Å²) >= 11 is 1.59. The number of nitrogens with one attached hydrogen (secondary N) is 1. The van der Waals surface area contributed by atoms with Gasteiger partial charge in [-0.15, -0.1) is 5.10 Å². The van der Waals surface area contributed by atoms with E-state index >= 15 is 0 Å². The number of H-pyrrole nitrogens is 1. The second-order valence-electron chi connectivity index (χ2n) is 6.00. The van der Waals surface area contributed by atoms with Crippen molar-refractivity contribution < 1.29 is 4.42 Å². The molecule has 2 aromatic heterocycles. The summed E-state index contributed by atoms with van der Waals surface area (Å²) in [6.07, 6.45) is 0. The predicted molar refractivity (Wildman–Crippen MR) is 83.4 cm³/mol. The number of hydrogen-bond donors (Lipinski definition) is 1. The van der Waals surface area contributed by atoms with Crippen LogP contribution in [0.5, 0.6) is 0 Å². The van der Waals surface area contributed by atoms with Crippen molar-refractivity contribution in [3.8, 4) is 0 Å². The van der Waals surface area contributed by atoms with Crippen LogP contribution >= 0.6 is 11.8 Å². The van der Waals surface area contributed by atoms with Gasteiger partial charge in [0.15, 0.2) is 11.5 Å². The van der Waals surface area contributed by atoms with Crippen molar-refractivity contribution in [2.24, 2.45) is 0 Å². The van der Waals surface area contributed by atoms with Gasteiger partial charge in [-0.05, 0) is 6.07 Å². The lowest BCUT2D eigenvalue weighted by Crippen LogP contribution is -2.13. The molecule has 0 unspecified atom stereocenters. The van der Waals surface area contributed by atoms with Crippen LogP contribution in [0.2, 0.25) is 0 Å². The van der Waals surface area contributed by atoms with Gasteiger partial charge < -0.3 is 4.42 Å². The Morgan fingerprint density at radius 3 is 2.76 bits per heavy atom. The molecule has 0 saturated heterocycles. The lowest BCUT2D eigenvalue weighted by molar-refractivity contribution is 0.547. The number of aromatic amines is 1. The van der Waals surface area contributed by atoms with Crippen LogP contribution in [0.3, 0.4) is 0 Å². The van der Waals surface area contributed by atoms with E-state index in [1.807, 2.05) is 19.1 Å². The van der Waals surface area contributed by atoms with Gasteiger partial charge in [-0.2, -0.15) is 0 Å². The van der Waals surface area contributed by atoms with E-state index in [1.54, 1.807) is 11.8 Å². The topological polar surface area (TPSA) is 67.6 Å². The summed E-state index contributed by atoms with van der Waals surface area (Å²) in [6.45, 7) is 8.20. The first-order valence-electron chi connectivity index (χ1n) is 6.84. The van der Waals surface area contributed by atoms with Gasteiger partial charge in [0.1, 0.15) is 11.3 Å². The van der Waals surface area contributed by atoms with E-state index in [9.17, 15) is 0 Å². The first kappa shape index (κ1) is 14.1. The fraction of sp³-hybridized carbons (Fsp3) is 0.400. The highest BCUT2D eigenvalue weighted by molar-refractivity contribution is 7.98. The third kappa shape index (κ3) is 2.95. The van der Waals surface area contributed by atoms with Gasteiger partial charge in [-0.1, -0.05) is 44.7 Å². The molecule has 5 nitrogen and oxygen atoms in total. The molecule has 0 radical (unpaired) electrons. The van der Waals surface area contributed by atoms with Gasteiger partial charge in [0.2, 0.25) is 5.16 Å². The zero-order valence-electron chi connectivity index (χ0n) is 12.6. The molecule has 3 aromatic rings. The van der Waals surface area contributed by atoms with E-state index in [0.29, 0.717) is 5.89 Å². The Morgan fingerprint density at radius 2 is 2.05 bits per heavy atom. The zero-order valence-corrected chi connectivity index (χ0v) is 13.4. The van der Waals surface area contributed by atoms with Crippen LogP contribution in [-0.2, 0) is 11.2 Å². The maximum Gasteiger partial charge on any atom is 0.208 e. The van der Waals surface area contributed by atoms with Crippen LogP contribution in [-0.4, -0.2) is 20.2 Å². The molecular formula is C15H18N4OS. The van der Waals surface area contributed by atoms with E-state index in [0.717, 1.165) is 33.4 Å². The number of benzene rings is 1. The average Bonchev–Trinajstić information content (AvgIpc) is 3.00. The lowest BCUT2D eigenvalue weighted by atomic mass is 9.96. The molecule has 3 rings (SSSR count). The number of rotatable bonds is 3. The number of thioether (sulfide) groups is 1. The summed E-state index contributed by atoms with van der Waals surface area (Å²) in [5, 5.41) is 8.03. The Hall–Kier alpha value is -1.82. The highest BCUT2D eigenvalue weighted by Crippen LogP contribution is 2.27. The van der Waals surface area contributed by atoms with Gasteiger partial charge >= 0.3 is 0 Å². The molecular weight excluding hydrogens is 284 g/mol. The molecule has 0 aliphatic carbocycles. The fourth-order valence-electron chi connectivity index (χ4n) is 2.02. The van der Waals surface area contributed by atoms with E-state index < -0.39 is 0 Å². The largest absolute Gasteiger partial charge is 0.441 e. The Bertz CT molecular complexity index is 769. The molecule has 6 heteroatoms. The van der Waals surface area contributed by atoms with Crippen LogP contribution in [0, 0.1) is 6.92 Å². The molecule has 1 aromatic carbocycles. The number of aromatic nitrogens is 4. The first-order chi connectivity index (χ1) is 9.93. The molecule has 0 bridgehead atoms. The summed E-state index contributed by atoms with van der Waals surface area (Å²) in [6, 6.07) is 6.01. The lowest BCUT2D eigenvalue weighted by Gasteiger charge is -2.12. The average molecular weight is 302 g/mol. The van der Waals surface area contributed by atoms with Crippen LogP contribution in [0.4, 0.5) is 0 Å². The first-order valence-corrected chi connectivity index (χ1v) is 7.83. The molecule has 110 valence electrons. The van der Waals surface area contributed by atoms with Crippen molar-refractivity contribution in [2.75, 3.05) is 0 Å². The SMILES string of the molecule is Cc1nc2cccc(CSc3n[nH]c(C(C)(C)C)n3)c2o1. The molecule has 0 aliphatic heterocycles. The van der Waals surface area contributed by atoms with Crippen molar-refractivity contribution >= 4 is 22.9 Å². The van der Waals surface area contributed by atoms with Gasteiger partial charge in [-0.25, -0.2) is 9.97 Å². The summed E-state index contributed by atoms with van der Waals surface area (Å²) in [4.78, 5) is 8.88. The van der Waals surface area contributed by atoms with Crippen molar-refractivity contribution in [3.63, 3.8) is 0 Å². The third-order valence-electron chi connectivity index (χ3n) is 3.14. The molecule has 0 aliphatic rings. The van der Waals surface area contributed by atoms with E-state index in [-0.39, 0.29) is 5.41 Å². The summed E-state index contributed by atoms with van der Waals surface area (Å²) in [7, 11) is 0. The van der Waals surface area contributed by atoms with Crippen LogP contribution < -0.4 is 0 Å². The monoisotopic (exact) mass is 302 g/mol. The maximum absolute atomic E-state index is 5.67. The number of para-hydroxylation sites is 1. The van der Waals surface area contributed by atoms with Gasteiger partial charge in [0.25, 0.3) is 0 Å². The Kier molecular flexibility index (Phi) is 3.49. The molecule has 0 fully saturated rings. The molecule has 1 N–H and O–H groups in total. The minimum atomic E-state index is -0.0200. The fourth-order valence-corrected chi connectivity index (χ4v) is 2.80. The third-order valence-corrected chi connectivity index (χ3v) is 4.03. The van der Waals surface area contributed by atoms with Gasteiger partial charge in [-0.3, -0.25) is 5.10 Å². The molecule has 0 spiro atoms. The predicted octanol–water partition coefficient (Wildman–Crippen LogP) is 3.84. The Balaban J connectivity index is 1.79. The second kappa shape index (κ2) is 5.18. The highest BCUT2D eigenvalue weighted by Gasteiger charge is 2.19. The summed E-state index contributed by atoms with van der Waals surface area (Å²) in [5.74, 6) is 2.35. The van der Waals surface area contributed by atoms with Crippen molar-refractivity contribution in [2.45, 2.75) is 44.0 Å².